The molecule has 2 N–H and O–H groups in total. The molecule has 1 aromatic carbocycles. The van der Waals surface area contributed by atoms with Crippen molar-refractivity contribution in [2.45, 2.75) is 70.7 Å². The normalized spacial score (nSPS) is 24.8. The van der Waals surface area contributed by atoms with Gasteiger partial charge in [0.2, 0.25) is 0 Å². The van der Waals surface area contributed by atoms with E-state index < -0.39 is 6.09 Å². The molecule has 2 amide bonds. The van der Waals surface area contributed by atoms with Crippen molar-refractivity contribution < 1.29 is 23.5 Å². The van der Waals surface area contributed by atoms with Crippen LogP contribution < -0.4 is 10.6 Å². The second-order valence-electron chi connectivity index (χ2n) is 8.32. The largest absolute Gasteiger partial charge is 0.518 e. The molecule has 2 aliphatic heterocycles. The number of alkyl carbamates (subject to hydrolysis) is 1. The third-order valence-electron chi connectivity index (χ3n) is 6.33. The van der Waals surface area contributed by atoms with E-state index in [2.05, 4.69) is 17.6 Å². The number of amides is 2. The van der Waals surface area contributed by atoms with Gasteiger partial charge in [0, 0.05) is 32.4 Å². The smallest absolute Gasteiger partial charge is 0.449 e. The maximum Gasteiger partial charge on any atom is 0.518 e. The lowest BCUT2D eigenvalue weighted by Gasteiger charge is -2.49. The van der Waals surface area contributed by atoms with E-state index in [1.54, 1.807) is 0 Å². The van der Waals surface area contributed by atoms with Gasteiger partial charge in [-0.3, -0.25) is 5.32 Å². The van der Waals surface area contributed by atoms with Crippen LogP contribution in [0.25, 0.3) is 0 Å². The number of unbranched alkanes of at least 4 members (excludes halogenated alkanes) is 1. The summed E-state index contributed by atoms with van der Waals surface area (Å²) in [5.41, 5.74) is 0.967. The van der Waals surface area contributed by atoms with Crippen LogP contribution in [0.2, 0.25) is 0 Å². The Morgan fingerprint density at radius 1 is 1.10 bits per heavy atom. The van der Waals surface area contributed by atoms with Crippen LogP contribution >= 0.6 is 0 Å². The summed E-state index contributed by atoms with van der Waals surface area (Å²) in [6.45, 7) is 5.16. The topological polar surface area (TPSA) is 76.7 Å². The van der Waals surface area contributed by atoms with E-state index in [-0.39, 0.29) is 29.4 Å². The van der Waals surface area contributed by atoms with E-state index in [4.69, 9.17) is 9.47 Å². The molecule has 2 atom stereocenters. The van der Waals surface area contributed by atoms with Crippen molar-refractivity contribution in [3.63, 3.8) is 0 Å². The van der Waals surface area contributed by atoms with Crippen molar-refractivity contribution in [2.24, 2.45) is 0 Å². The highest BCUT2D eigenvalue weighted by Gasteiger charge is 2.54. The zero-order valence-corrected chi connectivity index (χ0v) is 18.1. The SMILES string of the molecule is CCCCOC(=O)NC1CCCC[N+]1(C(=O)OCc1ccccc1)C1CCNCC1. The number of hydrogen-bond acceptors (Lipinski definition) is 5. The Bertz CT molecular complexity index is 678. The maximum absolute atomic E-state index is 13.6. The van der Waals surface area contributed by atoms with Crippen LogP contribution in [0, 0.1) is 0 Å². The Labute approximate surface area is 179 Å². The average Bonchev–Trinajstić information content (AvgIpc) is 2.79. The van der Waals surface area contributed by atoms with Crippen molar-refractivity contribution in [3.8, 4) is 0 Å². The summed E-state index contributed by atoms with van der Waals surface area (Å²) < 4.78 is 11.4. The zero-order chi connectivity index (χ0) is 21.2. The molecular formula is C23H36N3O4+. The maximum atomic E-state index is 13.6. The predicted octanol–water partition coefficient (Wildman–Crippen LogP) is 3.93. The summed E-state index contributed by atoms with van der Waals surface area (Å²) in [6.07, 6.45) is 5.32. The highest BCUT2D eigenvalue weighted by molar-refractivity contribution is 5.68. The minimum Gasteiger partial charge on any atom is -0.449 e. The Morgan fingerprint density at radius 3 is 2.60 bits per heavy atom. The van der Waals surface area contributed by atoms with Crippen LogP contribution in [0.1, 0.15) is 57.4 Å². The van der Waals surface area contributed by atoms with Crippen molar-refractivity contribution in [1.29, 1.82) is 0 Å². The molecule has 30 heavy (non-hydrogen) atoms. The zero-order valence-electron chi connectivity index (χ0n) is 18.1. The van der Waals surface area contributed by atoms with Gasteiger partial charge in [-0.05, 0) is 24.8 Å². The first kappa shape index (κ1) is 22.6. The lowest BCUT2D eigenvalue weighted by molar-refractivity contribution is -0.915. The van der Waals surface area contributed by atoms with E-state index in [1.165, 1.54) is 0 Å². The van der Waals surface area contributed by atoms with E-state index >= 15 is 0 Å². The number of nitrogens with one attached hydrogen (secondary N) is 2. The number of carbonyl (C=O) groups excluding carboxylic acids is 2. The quantitative estimate of drug-likeness (QED) is 0.518. The number of benzene rings is 1. The summed E-state index contributed by atoms with van der Waals surface area (Å²) in [5.74, 6) is 0. The van der Waals surface area contributed by atoms with Crippen LogP contribution in [-0.2, 0) is 16.1 Å². The standard InChI is InChI=1S/C23H35N3O4/c1-2-3-17-29-22(27)25-21-11-7-8-16-26(21,20-12-14-24-15-13-20)23(28)30-18-19-9-5-4-6-10-19/h4-6,9-10,20-21,24H,2-3,7-8,11-18H2,1H3/p+1. The lowest BCUT2D eigenvalue weighted by atomic mass is 9.95. The van der Waals surface area contributed by atoms with Crippen molar-refractivity contribution in [3.05, 3.63) is 35.9 Å². The molecule has 0 aromatic heterocycles. The molecule has 166 valence electrons. The first-order chi connectivity index (χ1) is 14.7. The van der Waals surface area contributed by atoms with Crippen LogP contribution in [0.4, 0.5) is 9.59 Å². The minimum absolute atomic E-state index is 0.135. The Morgan fingerprint density at radius 2 is 1.87 bits per heavy atom. The van der Waals surface area contributed by atoms with E-state index in [0.29, 0.717) is 13.2 Å². The number of carbonyl (C=O) groups is 2. The van der Waals surface area contributed by atoms with Gasteiger partial charge in [0.15, 0.2) is 6.17 Å². The van der Waals surface area contributed by atoms with Crippen LogP contribution in [0.5, 0.6) is 0 Å². The summed E-state index contributed by atoms with van der Waals surface area (Å²) >= 11 is 0. The minimum atomic E-state index is -0.428. The fraction of sp³-hybridized carbons (Fsp3) is 0.652. The van der Waals surface area contributed by atoms with Gasteiger partial charge in [-0.25, -0.2) is 9.28 Å². The molecule has 2 heterocycles. The fourth-order valence-electron chi connectivity index (χ4n) is 4.68. The van der Waals surface area contributed by atoms with Gasteiger partial charge in [-0.1, -0.05) is 43.7 Å². The second-order valence-corrected chi connectivity index (χ2v) is 8.32. The summed E-state index contributed by atoms with van der Waals surface area (Å²) in [6, 6.07) is 9.88. The predicted molar refractivity (Wildman–Crippen MR) is 115 cm³/mol. The lowest BCUT2D eigenvalue weighted by Crippen LogP contribution is -2.72. The molecule has 0 spiro atoms. The molecule has 0 radical (unpaired) electrons. The molecule has 2 aliphatic rings. The third-order valence-corrected chi connectivity index (χ3v) is 6.33. The number of piperidine rings is 2. The van der Waals surface area contributed by atoms with Gasteiger partial charge >= 0.3 is 12.2 Å². The van der Waals surface area contributed by atoms with E-state index in [0.717, 1.165) is 63.6 Å². The van der Waals surface area contributed by atoms with E-state index in [9.17, 15) is 9.59 Å². The molecule has 7 heteroatoms. The summed E-state index contributed by atoms with van der Waals surface area (Å²) in [5, 5.41) is 6.42. The molecule has 7 nitrogen and oxygen atoms in total. The van der Waals surface area contributed by atoms with Gasteiger partial charge in [0.25, 0.3) is 0 Å². The molecular weight excluding hydrogens is 382 g/mol. The number of hydrogen-bond donors (Lipinski definition) is 2. The van der Waals surface area contributed by atoms with Crippen LogP contribution in [0.15, 0.2) is 30.3 Å². The van der Waals surface area contributed by atoms with Gasteiger partial charge in [0.05, 0.1) is 13.2 Å². The number of rotatable bonds is 7. The van der Waals surface area contributed by atoms with Crippen molar-refractivity contribution in [1.82, 2.24) is 10.6 Å². The van der Waals surface area contributed by atoms with Crippen LogP contribution in [0.3, 0.4) is 0 Å². The van der Waals surface area contributed by atoms with Crippen molar-refractivity contribution in [2.75, 3.05) is 26.2 Å². The fourth-order valence-corrected chi connectivity index (χ4v) is 4.68. The molecule has 2 unspecified atom stereocenters. The van der Waals surface area contributed by atoms with Crippen LogP contribution in [-0.4, -0.2) is 55.1 Å². The van der Waals surface area contributed by atoms with Gasteiger partial charge in [-0.2, -0.15) is 4.79 Å². The number of ether oxygens (including phenoxy) is 2. The number of nitrogens with zero attached hydrogens (tertiary/aromatic N) is 1. The first-order valence-electron chi connectivity index (χ1n) is 11.4. The Balaban J connectivity index is 1.77. The molecule has 0 saturated carbocycles. The summed E-state index contributed by atoms with van der Waals surface area (Å²) in [4.78, 5) is 26.0. The molecule has 0 aliphatic carbocycles. The van der Waals surface area contributed by atoms with Gasteiger partial charge < -0.3 is 14.8 Å². The third kappa shape index (κ3) is 5.52. The molecule has 1 aromatic rings. The Kier molecular flexibility index (Phi) is 8.51. The monoisotopic (exact) mass is 418 g/mol. The number of likely N-dealkylation sites (tertiary alicyclic amines) is 1. The molecule has 2 fully saturated rings. The molecule has 0 bridgehead atoms. The highest BCUT2D eigenvalue weighted by Crippen LogP contribution is 2.33. The van der Waals surface area contributed by atoms with E-state index in [1.807, 2.05) is 30.3 Å². The Hall–Kier alpha value is -2.12. The summed E-state index contributed by atoms with van der Waals surface area (Å²) in [7, 11) is 0. The highest BCUT2D eigenvalue weighted by atomic mass is 16.6. The molecule has 3 rings (SSSR count). The molecule has 2 saturated heterocycles. The van der Waals surface area contributed by atoms with Gasteiger partial charge in [0.1, 0.15) is 12.6 Å². The van der Waals surface area contributed by atoms with Gasteiger partial charge in [-0.15, -0.1) is 0 Å². The number of quaternary nitrogens is 1. The van der Waals surface area contributed by atoms with Crippen molar-refractivity contribution >= 4 is 12.2 Å². The first-order valence-corrected chi connectivity index (χ1v) is 11.4. The second kappa shape index (κ2) is 11.3. The average molecular weight is 419 g/mol.